The van der Waals surface area contributed by atoms with Crippen molar-refractivity contribution in [1.82, 2.24) is 0 Å². The van der Waals surface area contributed by atoms with Crippen molar-refractivity contribution in [3.05, 3.63) is 58.7 Å². The van der Waals surface area contributed by atoms with Crippen LogP contribution in [-0.2, 0) is 9.59 Å². The molecule has 0 spiro atoms. The maximum Gasteiger partial charge on any atom is 0.303 e. The van der Waals surface area contributed by atoms with Crippen LogP contribution in [0.4, 0.5) is 5.69 Å². The van der Waals surface area contributed by atoms with Crippen molar-refractivity contribution in [3.63, 3.8) is 0 Å². The van der Waals surface area contributed by atoms with E-state index in [1.807, 2.05) is 0 Å². The van der Waals surface area contributed by atoms with Gasteiger partial charge in [0.2, 0.25) is 5.91 Å². The predicted octanol–water partition coefficient (Wildman–Crippen LogP) is 3.53. The van der Waals surface area contributed by atoms with Crippen LogP contribution in [0.5, 0.6) is 5.75 Å². The summed E-state index contributed by atoms with van der Waals surface area (Å²) in [7, 11) is 0. The minimum atomic E-state index is -0.941. The van der Waals surface area contributed by atoms with Gasteiger partial charge >= 0.3 is 5.97 Å². The Morgan fingerprint density at radius 2 is 1.47 bits per heavy atom. The highest BCUT2D eigenvalue weighted by molar-refractivity contribution is 6.29. The molecule has 2 aromatic rings. The Labute approximate surface area is 172 Å². The monoisotopic (exact) mass is 407 g/mol. The lowest BCUT2D eigenvalue weighted by Crippen LogP contribution is -2.28. The largest absolute Gasteiger partial charge is 0.506 e. The Kier molecular flexibility index (Phi) is 4.89. The summed E-state index contributed by atoms with van der Waals surface area (Å²) in [5, 5.41) is 22.2. The number of phenolic OH excluding ortho intramolecular Hbond substituents is 1. The van der Waals surface area contributed by atoms with E-state index in [1.54, 1.807) is 24.3 Å². The van der Waals surface area contributed by atoms with E-state index in [9.17, 15) is 29.4 Å². The third kappa shape index (κ3) is 3.47. The van der Waals surface area contributed by atoms with E-state index in [0.29, 0.717) is 12.8 Å². The summed E-state index contributed by atoms with van der Waals surface area (Å²) in [5.41, 5.74) is 0.208. The summed E-state index contributed by atoms with van der Waals surface area (Å²) in [5.74, 6) is -2.40. The van der Waals surface area contributed by atoms with E-state index in [0.717, 1.165) is 12.8 Å². The minimum absolute atomic E-state index is 0.0194. The van der Waals surface area contributed by atoms with Crippen LogP contribution in [0.3, 0.4) is 0 Å². The molecule has 7 heteroatoms. The molecule has 3 N–H and O–H groups in total. The number of aliphatic carboxylic acids is 1. The fourth-order valence-corrected chi connectivity index (χ4v) is 4.63. The second-order valence-electron chi connectivity index (χ2n) is 8.12. The number of carbonyl (C=O) groups excluding carboxylic acids is 3. The van der Waals surface area contributed by atoms with Gasteiger partial charge in [0.25, 0.3) is 0 Å². The first kappa shape index (κ1) is 19.8. The maximum absolute atomic E-state index is 12.8. The number of hydrogen-bond acceptors (Lipinski definition) is 5. The summed E-state index contributed by atoms with van der Waals surface area (Å²) in [6.07, 6.45) is 3.01. The van der Waals surface area contributed by atoms with Crippen LogP contribution in [0, 0.1) is 5.41 Å². The van der Waals surface area contributed by atoms with Crippen LogP contribution in [0.15, 0.2) is 36.4 Å². The summed E-state index contributed by atoms with van der Waals surface area (Å²) < 4.78 is 0. The summed E-state index contributed by atoms with van der Waals surface area (Å²) in [6, 6.07) is 8.98. The summed E-state index contributed by atoms with van der Waals surface area (Å²) in [4.78, 5) is 49.4. The first-order valence-corrected chi connectivity index (χ1v) is 9.87. The third-order valence-electron chi connectivity index (χ3n) is 6.04. The number of carbonyl (C=O) groups is 4. The third-order valence-corrected chi connectivity index (χ3v) is 6.04. The van der Waals surface area contributed by atoms with Crippen molar-refractivity contribution in [2.75, 3.05) is 5.32 Å². The van der Waals surface area contributed by atoms with Crippen molar-refractivity contribution >= 4 is 29.1 Å². The van der Waals surface area contributed by atoms with E-state index in [1.165, 1.54) is 12.1 Å². The van der Waals surface area contributed by atoms with Gasteiger partial charge in [0, 0.05) is 28.7 Å². The van der Waals surface area contributed by atoms with Crippen molar-refractivity contribution in [3.8, 4) is 5.75 Å². The Morgan fingerprint density at radius 1 is 0.900 bits per heavy atom. The van der Waals surface area contributed by atoms with Crippen LogP contribution < -0.4 is 5.32 Å². The predicted molar refractivity (Wildman–Crippen MR) is 108 cm³/mol. The van der Waals surface area contributed by atoms with Gasteiger partial charge in [0.15, 0.2) is 11.6 Å². The number of phenols is 1. The number of ketones is 2. The zero-order valence-electron chi connectivity index (χ0n) is 16.2. The van der Waals surface area contributed by atoms with Crippen LogP contribution in [0.2, 0.25) is 0 Å². The van der Waals surface area contributed by atoms with Gasteiger partial charge in [0.1, 0.15) is 5.75 Å². The van der Waals surface area contributed by atoms with E-state index >= 15 is 0 Å². The Balaban J connectivity index is 1.60. The normalized spacial score (nSPS) is 16.7. The van der Waals surface area contributed by atoms with Gasteiger partial charge in [-0.3, -0.25) is 19.2 Å². The first-order chi connectivity index (χ1) is 14.3. The molecule has 0 aliphatic heterocycles. The fraction of sp³-hybridized carbons (Fsp3) is 0.304. The molecule has 2 aromatic carbocycles. The molecule has 0 unspecified atom stereocenters. The molecule has 1 amide bonds. The molecule has 1 saturated carbocycles. The number of aromatic hydroxyl groups is 1. The number of nitrogens with one attached hydrogen (secondary N) is 1. The van der Waals surface area contributed by atoms with E-state index in [4.69, 9.17) is 0 Å². The van der Waals surface area contributed by atoms with E-state index in [-0.39, 0.29) is 58.1 Å². The number of benzene rings is 2. The number of amides is 1. The average molecular weight is 407 g/mol. The highest BCUT2D eigenvalue weighted by Crippen LogP contribution is 2.44. The van der Waals surface area contributed by atoms with Crippen molar-refractivity contribution in [1.29, 1.82) is 0 Å². The molecule has 0 saturated heterocycles. The lowest BCUT2D eigenvalue weighted by atomic mass is 9.79. The molecule has 0 radical (unpaired) electrons. The molecule has 0 bridgehead atoms. The summed E-state index contributed by atoms with van der Waals surface area (Å²) in [6.45, 7) is 0. The van der Waals surface area contributed by atoms with Gasteiger partial charge in [-0.05, 0) is 30.4 Å². The SMILES string of the molecule is O=C(O)CC1(CC(=O)Nc2cc3c(cc2O)C(=O)c2ccccc2C3=O)CCCC1. The van der Waals surface area contributed by atoms with Crippen LogP contribution in [0.1, 0.15) is 70.4 Å². The second kappa shape index (κ2) is 7.40. The molecule has 1 fully saturated rings. The number of fused-ring (bicyclic) bond motifs is 2. The fourth-order valence-electron chi connectivity index (χ4n) is 4.63. The Bertz CT molecular complexity index is 1080. The van der Waals surface area contributed by atoms with Crippen LogP contribution in [-0.4, -0.2) is 33.7 Å². The van der Waals surface area contributed by atoms with E-state index in [2.05, 4.69) is 5.32 Å². The number of anilines is 1. The molecule has 154 valence electrons. The van der Waals surface area contributed by atoms with Crippen molar-refractivity contribution in [2.45, 2.75) is 38.5 Å². The molecule has 2 aliphatic rings. The minimum Gasteiger partial charge on any atom is -0.506 e. The molecule has 4 rings (SSSR count). The zero-order chi connectivity index (χ0) is 21.5. The molecule has 0 atom stereocenters. The lowest BCUT2D eigenvalue weighted by molar-refractivity contribution is -0.140. The molecular weight excluding hydrogens is 386 g/mol. The standard InChI is InChI=1S/C23H21NO6/c25-18-10-16-15(21(29)13-5-1-2-6-14(13)22(16)30)9-17(18)24-19(26)11-23(12-20(27)28)7-3-4-8-23/h1-2,5-6,9-10,25H,3-4,7-8,11-12H2,(H,24,26)(H,27,28). The van der Waals surface area contributed by atoms with Gasteiger partial charge in [-0.1, -0.05) is 37.1 Å². The van der Waals surface area contributed by atoms with Gasteiger partial charge in [-0.25, -0.2) is 0 Å². The first-order valence-electron chi connectivity index (χ1n) is 9.87. The van der Waals surface area contributed by atoms with Gasteiger partial charge < -0.3 is 15.5 Å². The van der Waals surface area contributed by atoms with Gasteiger partial charge in [-0.2, -0.15) is 0 Å². The molecular formula is C23H21NO6. The number of rotatable bonds is 5. The zero-order valence-corrected chi connectivity index (χ0v) is 16.2. The molecule has 0 heterocycles. The average Bonchev–Trinajstić information content (AvgIpc) is 3.14. The highest BCUT2D eigenvalue weighted by Gasteiger charge is 2.38. The lowest BCUT2D eigenvalue weighted by Gasteiger charge is -2.26. The van der Waals surface area contributed by atoms with Gasteiger partial charge in [0.05, 0.1) is 12.1 Å². The summed E-state index contributed by atoms with van der Waals surface area (Å²) >= 11 is 0. The van der Waals surface area contributed by atoms with Gasteiger partial charge in [-0.15, -0.1) is 0 Å². The maximum atomic E-state index is 12.8. The van der Waals surface area contributed by atoms with Crippen molar-refractivity contribution in [2.24, 2.45) is 5.41 Å². The Morgan fingerprint density at radius 3 is 2.03 bits per heavy atom. The molecule has 30 heavy (non-hydrogen) atoms. The molecule has 2 aliphatic carbocycles. The topological polar surface area (TPSA) is 121 Å². The second-order valence-corrected chi connectivity index (χ2v) is 8.12. The highest BCUT2D eigenvalue weighted by atomic mass is 16.4. The number of carboxylic acids is 1. The van der Waals surface area contributed by atoms with Crippen LogP contribution >= 0.6 is 0 Å². The Hall–Kier alpha value is -3.48. The molecule has 7 nitrogen and oxygen atoms in total. The number of carboxylic acid groups (broad SMARTS) is 1. The quantitative estimate of drug-likeness (QED) is 0.557. The van der Waals surface area contributed by atoms with Crippen molar-refractivity contribution < 1.29 is 29.4 Å². The van der Waals surface area contributed by atoms with E-state index < -0.39 is 17.3 Å². The molecule has 0 aromatic heterocycles. The van der Waals surface area contributed by atoms with Crippen LogP contribution in [0.25, 0.3) is 0 Å². The number of hydrogen-bond donors (Lipinski definition) is 3. The smallest absolute Gasteiger partial charge is 0.303 e.